The van der Waals surface area contributed by atoms with Gasteiger partial charge < -0.3 is 4.57 Å². The van der Waals surface area contributed by atoms with E-state index >= 15 is 0 Å². The molecule has 3 rings (SSSR count). The first-order valence-corrected chi connectivity index (χ1v) is 8.70. The highest BCUT2D eigenvalue weighted by molar-refractivity contribution is 7.16. The second kappa shape index (κ2) is 7.58. The maximum Gasteiger partial charge on any atom is 0.272 e. The fraction of sp³-hybridized carbons (Fsp3) is 0.111. The monoisotopic (exact) mass is 389 g/mol. The minimum Gasteiger partial charge on any atom is -0.314 e. The molecular formula is C18H13F2N3O3S. The van der Waals surface area contributed by atoms with Crippen molar-refractivity contribution in [2.24, 2.45) is 4.99 Å². The van der Waals surface area contributed by atoms with Crippen molar-refractivity contribution in [1.82, 2.24) is 4.57 Å². The quantitative estimate of drug-likeness (QED) is 0.384. The molecule has 2 aromatic carbocycles. The Bertz CT molecular complexity index is 1150. The van der Waals surface area contributed by atoms with Crippen molar-refractivity contribution in [2.45, 2.75) is 13.5 Å². The van der Waals surface area contributed by atoms with Gasteiger partial charge in [-0.05, 0) is 24.6 Å². The van der Waals surface area contributed by atoms with Crippen LogP contribution >= 0.6 is 11.3 Å². The summed E-state index contributed by atoms with van der Waals surface area (Å²) in [5, 5.41) is 10.8. The summed E-state index contributed by atoms with van der Waals surface area (Å²) in [4.78, 5) is 26.6. The third-order valence-electron chi connectivity index (χ3n) is 3.72. The molecule has 0 aliphatic heterocycles. The number of aryl methyl sites for hydroxylation is 1. The molecule has 6 nitrogen and oxygen atoms in total. The SMILES string of the molecule is CCn1c(=NC(=O)C=Cc2cccc([N+](=O)[O-])c2)sc2cc(F)cc(F)c21. The first-order valence-electron chi connectivity index (χ1n) is 7.88. The number of carbonyl (C=O) groups is 1. The van der Waals surface area contributed by atoms with E-state index in [1.165, 1.54) is 41.0 Å². The predicted octanol–water partition coefficient (Wildman–Crippen LogP) is 4.05. The Morgan fingerprint density at radius 2 is 2.11 bits per heavy atom. The van der Waals surface area contributed by atoms with Crippen LogP contribution in [0.2, 0.25) is 0 Å². The molecule has 0 spiro atoms. The second-order valence-electron chi connectivity index (χ2n) is 5.50. The van der Waals surface area contributed by atoms with E-state index in [4.69, 9.17) is 0 Å². The van der Waals surface area contributed by atoms with Crippen molar-refractivity contribution in [2.75, 3.05) is 0 Å². The lowest BCUT2D eigenvalue weighted by molar-refractivity contribution is -0.384. The Balaban J connectivity index is 1.97. The fourth-order valence-corrected chi connectivity index (χ4v) is 3.69. The average molecular weight is 389 g/mol. The van der Waals surface area contributed by atoms with Crippen LogP contribution in [0.15, 0.2) is 47.5 Å². The van der Waals surface area contributed by atoms with E-state index in [-0.39, 0.29) is 16.0 Å². The lowest BCUT2D eigenvalue weighted by Crippen LogP contribution is -2.15. The molecule has 1 heterocycles. The Morgan fingerprint density at radius 1 is 1.33 bits per heavy atom. The summed E-state index contributed by atoms with van der Waals surface area (Å²) in [5.74, 6) is -2.03. The number of hydrogen-bond acceptors (Lipinski definition) is 4. The topological polar surface area (TPSA) is 77.5 Å². The van der Waals surface area contributed by atoms with Gasteiger partial charge in [0, 0.05) is 30.8 Å². The lowest BCUT2D eigenvalue weighted by atomic mass is 10.2. The molecule has 0 atom stereocenters. The Kier molecular flexibility index (Phi) is 5.22. The number of benzene rings is 2. The Hall–Kier alpha value is -3.20. The number of hydrogen-bond donors (Lipinski definition) is 0. The van der Waals surface area contributed by atoms with E-state index in [1.54, 1.807) is 13.0 Å². The van der Waals surface area contributed by atoms with E-state index in [1.807, 2.05) is 0 Å². The third kappa shape index (κ3) is 3.98. The smallest absolute Gasteiger partial charge is 0.272 e. The number of nitro benzene ring substituents is 1. The molecule has 3 aromatic rings. The second-order valence-corrected chi connectivity index (χ2v) is 6.51. The van der Waals surface area contributed by atoms with Gasteiger partial charge in [0.05, 0.1) is 15.1 Å². The van der Waals surface area contributed by atoms with Gasteiger partial charge in [0.1, 0.15) is 5.82 Å². The van der Waals surface area contributed by atoms with Crippen molar-refractivity contribution in [1.29, 1.82) is 0 Å². The number of halogens is 2. The molecule has 0 saturated heterocycles. The summed E-state index contributed by atoms with van der Waals surface area (Å²) in [7, 11) is 0. The Labute approximate surface area is 155 Å². The van der Waals surface area contributed by atoms with Crippen molar-refractivity contribution in [3.63, 3.8) is 0 Å². The predicted molar refractivity (Wildman–Crippen MR) is 98.1 cm³/mol. The summed E-state index contributed by atoms with van der Waals surface area (Å²) in [5.41, 5.74) is 0.575. The van der Waals surface area contributed by atoms with Gasteiger partial charge in [-0.25, -0.2) is 8.78 Å². The average Bonchev–Trinajstić information content (AvgIpc) is 2.97. The van der Waals surface area contributed by atoms with Gasteiger partial charge >= 0.3 is 0 Å². The minimum absolute atomic E-state index is 0.0904. The van der Waals surface area contributed by atoms with E-state index in [0.29, 0.717) is 16.8 Å². The summed E-state index contributed by atoms with van der Waals surface area (Å²) < 4.78 is 29.3. The molecule has 9 heteroatoms. The molecule has 27 heavy (non-hydrogen) atoms. The molecule has 0 unspecified atom stereocenters. The van der Waals surface area contributed by atoms with Gasteiger partial charge in [0.25, 0.3) is 11.6 Å². The zero-order valence-corrected chi connectivity index (χ0v) is 14.9. The lowest BCUT2D eigenvalue weighted by Gasteiger charge is -2.01. The highest BCUT2D eigenvalue weighted by Gasteiger charge is 2.12. The van der Waals surface area contributed by atoms with Crippen LogP contribution in [0.1, 0.15) is 12.5 Å². The van der Waals surface area contributed by atoms with E-state index in [0.717, 1.165) is 17.4 Å². The van der Waals surface area contributed by atoms with Crippen LogP contribution in [0.25, 0.3) is 16.3 Å². The van der Waals surface area contributed by atoms with Gasteiger partial charge in [-0.3, -0.25) is 14.9 Å². The largest absolute Gasteiger partial charge is 0.314 e. The maximum atomic E-state index is 14.1. The van der Waals surface area contributed by atoms with Gasteiger partial charge in [-0.1, -0.05) is 23.5 Å². The molecule has 0 aliphatic carbocycles. The molecule has 0 fully saturated rings. The number of thiazole rings is 1. The third-order valence-corrected chi connectivity index (χ3v) is 4.74. The number of non-ortho nitro benzene ring substituents is 1. The maximum absolute atomic E-state index is 14.1. The highest BCUT2D eigenvalue weighted by Crippen LogP contribution is 2.22. The van der Waals surface area contributed by atoms with E-state index < -0.39 is 22.5 Å². The molecule has 1 amide bonds. The van der Waals surface area contributed by atoms with Crippen molar-refractivity contribution >= 4 is 39.2 Å². The van der Waals surface area contributed by atoms with E-state index in [9.17, 15) is 23.7 Å². The number of nitro groups is 1. The summed E-state index contributed by atoms with van der Waals surface area (Å²) >= 11 is 1.01. The molecule has 1 aromatic heterocycles. The zero-order chi connectivity index (χ0) is 19.6. The molecule has 138 valence electrons. The van der Waals surface area contributed by atoms with Gasteiger partial charge in [-0.2, -0.15) is 4.99 Å². The van der Waals surface area contributed by atoms with Crippen molar-refractivity contribution < 1.29 is 18.5 Å². The van der Waals surface area contributed by atoms with Crippen LogP contribution in [-0.4, -0.2) is 15.4 Å². The number of fused-ring (bicyclic) bond motifs is 1. The van der Waals surface area contributed by atoms with Gasteiger partial charge in [0.2, 0.25) is 0 Å². The highest BCUT2D eigenvalue weighted by atomic mass is 32.1. The fourth-order valence-electron chi connectivity index (χ4n) is 2.55. The standard InChI is InChI=1S/C18H13F2N3O3S/c1-2-22-17-14(20)9-12(19)10-15(17)27-18(22)21-16(24)7-6-11-4-3-5-13(8-11)23(25)26/h3-10H,2H2,1H3. The Morgan fingerprint density at radius 3 is 2.81 bits per heavy atom. The van der Waals surface area contributed by atoms with Crippen LogP contribution in [0.5, 0.6) is 0 Å². The molecular weight excluding hydrogens is 376 g/mol. The van der Waals surface area contributed by atoms with Crippen LogP contribution in [-0.2, 0) is 11.3 Å². The number of carbonyl (C=O) groups excluding carboxylic acids is 1. The van der Waals surface area contributed by atoms with Gasteiger partial charge in [-0.15, -0.1) is 0 Å². The molecule has 0 bridgehead atoms. The summed E-state index contributed by atoms with van der Waals surface area (Å²) in [6.45, 7) is 2.11. The van der Waals surface area contributed by atoms with E-state index in [2.05, 4.69) is 4.99 Å². The van der Waals surface area contributed by atoms with Crippen LogP contribution < -0.4 is 4.80 Å². The minimum atomic E-state index is -0.718. The zero-order valence-electron chi connectivity index (χ0n) is 14.1. The first kappa shape index (κ1) is 18.6. The van der Waals surface area contributed by atoms with Crippen molar-refractivity contribution in [3.05, 3.63) is 74.6 Å². The molecule has 0 saturated carbocycles. The number of amides is 1. The van der Waals surface area contributed by atoms with Crippen LogP contribution in [0.4, 0.5) is 14.5 Å². The normalized spacial score (nSPS) is 12.2. The molecule has 0 aliphatic rings. The number of nitrogens with zero attached hydrogens (tertiary/aromatic N) is 3. The number of aromatic nitrogens is 1. The summed E-state index contributed by atoms with van der Waals surface area (Å²) in [6, 6.07) is 7.77. The van der Waals surface area contributed by atoms with Crippen LogP contribution in [0, 0.1) is 21.7 Å². The summed E-state index contributed by atoms with van der Waals surface area (Å²) in [6.07, 6.45) is 2.57. The van der Waals surface area contributed by atoms with Crippen LogP contribution in [0.3, 0.4) is 0 Å². The number of rotatable bonds is 4. The molecule has 0 radical (unpaired) electrons. The van der Waals surface area contributed by atoms with Crippen molar-refractivity contribution in [3.8, 4) is 0 Å². The van der Waals surface area contributed by atoms with Gasteiger partial charge in [0.15, 0.2) is 10.6 Å². The molecule has 0 N–H and O–H groups in total. The first-order chi connectivity index (χ1) is 12.9.